The monoisotopic (exact) mass is 375 g/mol. The molecule has 0 aliphatic carbocycles. The number of carbonyl (C=O) groups is 1. The Labute approximate surface area is 153 Å². The van der Waals surface area contributed by atoms with Crippen molar-refractivity contribution in [3.8, 4) is 5.75 Å². The minimum atomic E-state index is -3.75. The van der Waals surface area contributed by atoms with Gasteiger partial charge in [0.1, 0.15) is 17.3 Å². The number of hydrogen-bond acceptors (Lipinski definition) is 5. The molecule has 26 heavy (non-hydrogen) atoms. The average molecular weight is 375 g/mol. The molecule has 0 fully saturated rings. The zero-order chi connectivity index (χ0) is 19.2. The molecule has 0 heterocycles. The van der Waals surface area contributed by atoms with E-state index in [1.807, 2.05) is 36.4 Å². The highest BCUT2D eigenvalue weighted by molar-refractivity contribution is 7.89. The molecule has 2 rings (SSSR count). The van der Waals surface area contributed by atoms with E-state index in [4.69, 9.17) is 9.47 Å². The topological polar surface area (TPSA) is 72.9 Å². The van der Waals surface area contributed by atoms with Crippen molar-refractivity contribution in [1.29, 1.82) is 0 Å². The second-order valence-electron chi connectivity index (χ2n) is 5.56. The average Bonchev–Trinajstić information content (AvgIpc) is 2.65. The molecule has 0 atom stereocenters. The molecule has 2 aromatic rings. The molecule has 0 spiro atoms. The van der Waals surface area contributed by atoms with E-state index in [-0.39, 0.29) is 22.8 Å². The van der Waals surface area contributed by atoms with Crippen LogP contribution in [0.3, 0.4) is 0 Å². The summed E-state index contributed by atoms with van der Waals surface area (Å²) in [5, 5.41) is 0. The summed E-state index contributed by atoms with van der Waals surface area (Å²) in [7, 11) is 0.443. The number of nitrogens with zero attached hydrogens (tertiary/aromatic N) is 1. The summed E-state index contributed by atoms with van der Waals surface area (Å²) in [6.07, 6.45) is 3.55. The number of hydrogen-bond donors (Lipinski definition) is 0. The van der Waals surface area contributed by atoms with Crippen molar-refractivity contribution < 1.29 is 22.7 Å². The van der Waals surface area contributed by atoms with Crippen LogP contribution < -0.4 is 4.74 Å². The molecule has 0 aliphatic rings. The number of ether oxygens (including phenoxy) is 2. The van der Waals surface area contributed by atoms with Crippen LogP contribution in [0.15, 0.2) is 59.5 Å². The van der Waals surface area contributed by atoms with E-state index in [1.54, 1.807) is 6.08 Å². The van der Waals surface area contributed by atoms with Gasteiger partial charge in [-0.05, 0) is 29.8 Å². The van der Waals surface area contributed by atoms with Gasteiger partial charge < -0.3 is 9.47 Å². The highest BCUT2D eigenvalue weighted by Crippen LogP contribution is 2.27. The van der Waals surface area contributed by atoms with Crippen LogP contribution in [-0.4, -0.2) is 46.5 Å². The first-order valence-corrected chi connectivity index (χ1v) is 9.29. The fraction of sp³-hybridized carbons (Fsp3) is 0.211. The standard InChI is InChI=1S/C19H21NO5S/c1-20(2)26(22,23)18-14-16(11-12-17(18)24-3)19(21)25-13-7-10-15-8-5-4-6-9-15/h4-12,14H,13H2,1-3H3/b10-7+. The van der Waals surface area contributed by atoms with Crippen LogP contribution in [0.25, 0.3) is 6.08 Å². The van der Waals surface area contributed by atoms with Crippen molar-refractivity contribution in [3.05, 3.63) is 65.7 Å². The number of rotatable bonds is 7. The molecule has 0 aliphatic heterocycles. The Kier molecular flexibility index (Phi) is 6.54. The van der Waals surface area contributed by atoms with Crippen LogP contribution in [0, 0.1) is 0 Å². The quantitative estimate of drug-likeness (QED) is 0.696. The number of esters is 1. The molecule has 0 radical (unpaired) electrons. The number of carbonyl (C=O) groups excluding carboxylic acids is 1. The van der Waals surface area contributed by atoms with E-state index < -0.39 is 16.0 Å². The highest BCUT2D eigenvalue weighted by atomic mass is 32.2. The van der Waals surface area contributed by atoms with Gasteiger partial charge in [-0.3, -0.25) is 0 Å². The Hall–Kier alpha value is -2.64. The fourth-order valence-corrected chi connectivity index (χ4v) is 3.23. The van der Waals surface area contributed by atoms with E-state index in [9.17, 15) is 13.2 Å². The third-order valence-electron chi connectivity index (χ3n) is 3.58. The van der Waals surface area contributed by atoms with E-state index in [0.717, 1.165) is 9.87 Å². The second-order valence-corrected chi connectivity index (χ2v) is 7.68. The first kappa shape index (κ1) is 19.7. The van der Waals surface area contributed by atoms with Gasteiger partial charge in [-0.2, -0.15) is 0 Å². The molecular formula is C19H21NO5S. The first-order valence-electron chi connectivity index (χ1n) is 7.85. The van der Waals surface area contributed by atoms with E-state index in [0.29, 0.717) is 0 Å². The normalized spacial score (nSPS) is 11.7. The summed E-state index contributed by atoms with van der Waals surface area (Å²) in [6, 6.07) is 13.8. The maximum atomic E-state index is 12.4. The summed E-state index contributed by atoms with van der Waals surface area (Å²) in [6.45, 7) is 0.0789. The second kappa shape index (κ2) is 8.64. The van der Waals surface area contributed by atoms with E-state index in [1.165, 1.54) is 39.4 Å². The molecule has 0 aromatic heterocycles. The van der Waals surface area contributed by atoms with Gasteiger partial charge in [-0.1, -0.05) is 36.4 Å². The molecule has 0 bridgehead atoms. The fourth-order valence-electron chi connectivity index (χ4n) is 2.16. The maximum Gasteiger partial charge on any atom is 0.338 e. The lowest BCUT2D eigenvalue weighted by atomic mass is 10.2. The smallest absolute Gasteiger partial charge is 0.338 e. The summed E-state index contributed by atoms with van der Waals surface area (Å²) in [5.74, 6) is -0.445. The number of sulfonamides is 1. The SMILES string of the molecule is COc1ccc(C(=O)OC/C=C/c2ccccc2)cc1S(=O)(=O)N(C)C. The third kappa shape index (κ3) is 4.71. The highest BCUT2D eigenvalue weighted by Gasteiger charge is 2.24. The summed E-state index contributed by atoms with van der Waals surface area (Å²) in [4.78, 5) is 12.1. The maximum absolute atomic E-state index is 12.4. The first-order chi connectivity index (χ1) is 12.4. The molecule has 0 unspecified atom stereocenters. The summed E-state index contributed by atoms with van der Waals surface area (Å²) >= 11 is 0. The van der Waals surface area contributed by atoms with Gasteiger partial charge in [0, 0.05) is 14.1 Å². The molecule has 0 N–H and O–H groups in total. The van der Waals surface area contributed by atoms with Crippen LogP contribution in [0.1, 0.15) is 15.9 Å². The largest absolute Gasteiger partial charge is 0.495 e. The third-order valence-corrected chi connectivity index (χ3v) is 5.41. The van der Waals surface area contributed by atoms with Crippen LogP contribution >= 0.6 is 0 Å². The molecule has 7 heteroatoms. The Morgan fingerprint density at radius 2 is 1.81 bits per heavy atom. The minimum absolute atomic E-state index is 0.0789. The van der Waals surface area contributed by atoms with Crippen molar-refractivity contribution in [2.24, 2.45) is 0 Å². The van der Waals surface area contributed by atoms with Gasteiger partial charge in [-0.25, -0.2) is 17.5 Å². The van der Waals surface area contributed by atoms with E-state index >= 15 is 0 Å². The van der Waals surface area contributed by atoms with Crippen molar-refractivity contribution >= 4 is 22.1 Å². The Bertz CT molecular complexity index is 889. The predicted molar refractivity (Wildman–Crippen MR) is 99.6 cm³/mol. The van der Waals surface area contributed by atoms with E-state index in [2.05, 4.69) is 0 Å². The van der Waals surface area contributed by atoms with Crippen LogP contribution in [0.2, 0.25) is 0 Å². The Morgan fingerprint density at radius 3 is 2.42 bits per heavy atom. The zero-order valence-electron chi connectivity index (χ0n) is 14.9. The minimum Gasteiger partial charge on any atom is -0.495 e. The van der Waals surface area contributed by atoms with Gasteiger partial charge in [0.25, 0.3) is 0 Å². The molecule has 0 amide bonds. The molecule has 0 saturated carbocycles. The van der Waals surface area contributed by atoms with Gasteiger partial charge >= 0.3 is 5.97 Å². The van der Waals surface area contributed by atoms with Crippen molar-refractivity contribution in [2.45, 2.75) is 4.90 Å². The van der Waals surface area contributed by atoms with Crippen LogP contribution in [0.5, 0.6) is 5.75 Å². The molecule has 138 valence electrons. The van der Waals surface area contributed by atoms with Gasteiger partial charge in [0.05, 0.1) is 12.7 Å². The van der Waals surface area contributed by atoms with Crippen molar-refractivity contribution in [2.75, 3.05) is 27.8 Å². The lowest BCUT2D eigenvalue weighted by Crippen LogP contribution is -2.23. The van der Waals surface area contributed by atoms with Crippen LogP contribution in [0.4, 0.5) is 0 Å². The van der Waals surface area contributed by atoms with Crippen molar-refractivity contribution in [3.63, 3.8) is 0 Å². The number of methoxy groups -OCH3 is 1. The Morgan fingerprint density at radius 1 is 1.12 bits per heavy atom. The molecular weight excluding hydrogens is 354 g/mol. The molecule has 6 nitrogen and oxygen atoms in total. The summed E-state index contributed by atoms with van der Waals surface area (Å²) in [5.41, 5.74) is 1.13. The molecule has 2 aromatic carbocycles. The summed E-state index contributed by atoms with van der Waals surface area (Å²) < 4.78 is 36.1. The van der Waals surface area contributed by atoms with Gasteiger partial charge in [0.2, 0.25) is 10.0 Å². The Balaban J connectivity index is 2.13. The zero-order valence-corrected chi connectivity index (χ0v) is 15.7. The van der Waals surface area contributed by atoms with Crippen molar-refractivity contribution in [1.82, 2.24) is 4.31 Å². The number of benzene rings is 2. The lowest BCUT2D eigenvalue weighted by Gasteiger charge is -2.15. The predicted octanol–water partition coefficient (Wildman–Crippen LogP) is 2.82. The van der Waals surface area contributed by atoms with Gasteiger partial charge in [-0.15, -0.1) is 0 Å². The lowest BCUT2D eigenvalue weighted by molar-refractivity contribution is 0.0549. The molecule has 0 saturated heterocycles. The van der Waals surface area contributed by atoms with Gasteiger partial charge in [0.15, 0.2) is 0 Å². The van der Waals surface area contributed by atoms with Crippen LogP contribution in [-0.2, 0) is 14.8 Å².